The molecular formula is C22H25N3O3S2. The number of thiophene rings is 1. The Hall–Kier alpha value is -2.00. The standard InChI is InChI=1S/C22H25N3O3S2/c1-3-28-15-4-5-17-16(12-15)21(25-14(2)24-17)29-13-18(26)19-6-7-20(30-19)22(27)8-10-23-11-9-22/h4-7,12,23,27H,3,8-11,13H2,1-2H3. The van der Waals surface area contributed by atoms with E-state index in [9.17, 15) is 9.90 Å². The van der Waals surface area contributed by atoms with Crippen molar-refractivity contribution in [2.75, 3.05) is 25.4 Å². The third kappa shape index (κ3) is 4.51. The third-order valence-corrected chi connectivity index (χ3v) is 7.48. The first kappa shape index (κ1) is 21.2. The SMILES string of the molecule is CCOc1ccc2nc(C)nc(SCC(=O)c3ccc(C4(O)CCNCC4)s3)c2c1. The fraction of sp³-hybridized carbons (Fsp3) is 0.409. The number of fused-ring (bicyclic) bond motifs is 1. The first-order valence-electron chi connectivity index (χ1n) is 10.1. The average Bonchev–Trinajstić information content (AvgIpc) is 3.24. The van der Waals surface area contributed by atoms with E-state index in [4.69, 9.17) is 4.74 Å². The molecule has 3 aromatic rings. The first-order valence-corrected chi connectivity index (χ1v) is 11.9. The summed E-state index contributed by atoms with van der Waals surface area (Å²) >= 11 is 2.82. The topological polar surface area (TPSA) is 84.3 Å². The van der Waals surface area contributed by atoms with Crippen LogP contribution in [0.2, 0.25) is 0 Å². The number of aliphatic hydroxyl groups is 1. The van der Waals surface area contributed by atoms with Gasteiger partial charge in [-0.05, 0) is 70.1 Å². The molecule has 2 aromatic heterocycles. The van der Waals surface area contributed by atoms with Gasteiger partial charge in [-0.1, -0.05) is 11.8 Å². The fourth-order valence-electron chi connectivity index (χ4n) is 3.59. The van der Waals surface area contributed by atoms with Crippen molar-refractivity contribution < 1.29 is 14.6 Å². The second kappa shape index (κ2) is 9.01. The zero-order valence-corrected chi connectivity index (χ0v) is 18.7. The maximum Gasteiger partial charge on any atom is 0.183 e. The Labute approximate surface area is 184 Å². The van der Waals surface area contributed by atoms with Gasteiger partial charge in [0.1, 0.15) is 22.2 Å². The third-order valence-electron chi connectivity index (χ3n) is 5.17. The molecule has 0 bridgehead atoms. The number of hydrogen-bond acceptors (Lipinski definition) is 8. The molecule has 0 radical (unpaired) electrons. The van der Waals surface area contributed by atoms with E-state index in [1.54, 1.807) is 0 Å². The summed E-state index contributed by atoms with van der Waals surface area (Å²) in [5.74, 6) is 1.76. The molecule has 1 saturated heterocycles. The monoisotopic (exact) mass is 443 g/mol. The molecule has 1 aliphatic rings. The number of benzene rings is 1. The highest BCUT2D eigenvalue weighted by molar-refractivity contribution is 8.00. The number of Topliss-reactive ketones (excluding diaryl/α,β-unsaturated/α-hetero) is 1. The van der Waals surface area contributed by atoms with E-state index in [1.807, 2.05) is 44.2 Å². The molecule has 30 heavy (non-hydrogen) atoms. The lowest BCUT2D eigenvalue weighted by Crippen LogP contribution is -2.39. The summed E-state index contributed by atoms with van der Waals surface area (Å²) in [6.07, 6.45) is 1.34. The first-order chi connectivity index (χ1) is 14.5. The summed E-state index contributed by atoms with van der Waals surface area (Å²) in [4.78, 5) is 23.4. The molecule has 0 spiro atoms. The van der Waals surface area contributed by atoms with E-state index in [0.717, 1.165) is 39.6 Å². The van der Waals surface area contributed by atoms with Crippen molar-refractivity contribution in [2.45, 2.75) is 37.3 Å². The van der Waals surface area contributed by atoms with Gasteiger partial charge in [-0.2, -0.15) is 0 Å². The second-order valence-corrected chi connectivity index (χ2v) is 9.39. The van der Waals surface area contributed by atoms with Crippen LogP contribution in [0, 0.1) is 6.92 Å². The van der Waals surface area contributed by atoms with Gasteiger partial charge in [0.05, 0.1) is 22.8 Å². The zero-order chi connectivity index (χ0) is 21.1. The van der Waals surface area contributed by atoms with Crippen LogP contribution in [0.4, 0.5) is 0 Å². The molecule has 0 unspecified atom stereocenters. The second-order valence-electron chi connectivity index (χ2n) is 7.35. The highest BCUT2D eigenvalue weighted by Crippen LogP contribution is 2.36. The number of aryl methyl sites for hydroxylation is 1. The normalized spacial score (nSPS) is 16.0. The van der Waals surface area contributed by atoms with E-state index in [1.165, 1.54) is 23.1 Å². The average molecular weight is 444 g/mol. The van der Waals surface area contributed by atoms with Crippen molar-refractivity contribution in [3.05, 3.63) is 45.9 Å². The molecule has 0 atom stereocenters. The molecule has 6 nitrogen and oxygen atoms in total. The van der Waals surface area contributed by atoms with Gasteiger partial charge in [0.15, 0.2) is 5.78 Å². The number of hydrogen-bond donors (Lipinski definition) is 2. The largest absolute Gasteiger partial charge is 0.494 e. The highest BCUT2D eigenvalue weighted by atomic mass is 32.2. The summed E-state index contributed by atoms with van der Waals surface area (Å²) in [6, 6.07) is 9.48. The van der Waals surface area contributed by atoms with Crippen molar-refractivity contribution >= 4 is 39.8 Å². The van der Waals surface area contributed by atoms with Gasteiger partial charge in [0.25, 0.3) is 0 Å². The lowest BCUT2D eigenvalue weighted by Gasteiger charge is -2.31. The quantitative estimate of drug-likeness (QED) is 0.325. The van der Waals surface area contributed by atoms with Crippen LogP contribution in [0.5, 0.6) is 5.75 Å². The molecule has 0 aliphatic carbocycles. The summed E-state index contributed by atoms with van der Waals surface area (Å²) in [5, 5.41) is 15.8. The Bertz CT molecular complexity index is 1060. The predicted octanol–water partition coefficient (Wildman–Crippen LogP) is 3.94. The van der Waals surface area contributed by atoms with Crippen LogP contribution in [0.3, 0.4) is 0 Å². The van der Waals surface area contributed by atoms with Gasteiger partial charge in [0.2, 0.25) is 0 Å². The number of rotatable bonds is 7. The Kier molecular flexibility index (Phi) is 6.38. The van der Waals surface area contributed by atoms with E-state index < -0.39 is 5.60 Å². The maximum atomic E-state index is 12.8. The lowest BCUT2D eigenvalue weighted by molar-refractivity contribution is 0.00944. The number of thioether (sulfide) groups is 1. The molecule has 3 heterocycles. The number of nitrogens with zero attached hydrogens (tertiary/aromatic N) is 2. The van der Waals surface area contributed by atoms with Crippen LogP contribution in [0.25, 0.3) is 10.9 Å². The molecule has 1 aromatic carbocycles. The number of aromatic nitrogens is 2. The molecule has 0 amide bonds. The molecule has 158 valence electrons. The van der Waals surface area contributed by atoms with Crippen molar-refractivity contribution in [2.24, 2.45) is 0 Å². The van der Waals surface area contributed by atoms with Gasteiger partial charge in [-0.15, -0.1) is 11.3 Å². The minimum Gasteiger partial charge on any atom is -0.494 e. The van der Waals surface area contributed by atoms with E-state index >= 15 is 0 Å². The van der Waals surface area contributed by atoms with Crippen LogP contribution in [0.1, 0.15) is 40.1 Å². The van der Waals surface area contributed by atoms with E-state index in [2.05, 4.69) is 15.3 Å². The molecule has 1 aliphatic heterocycles. The minimum atomic E-state index is -0.822. The Balaban J connectivity index is 1.51. The van der Waals surface area contributed by atoms with Crippen molar-refractivity contribution in [1.29, 1.82) is 0 Å². The molecule has 4 rings (SSSR count). The summed E-state index contributed by atoms with van der Waals surface area (Å²) in [7, 11) is 0. The lowest BCUT2D eigenvalue weighted by atomic mass is 9.91. The molecule has 1 fully saturated rings. The van der Waals surface area contributed by atoms with Crippen LogP contribution in [0.15, 0.2) is 35.4 Å². The van der Waals surface area contributed by atoms with Crippen molar-refractivity contribution in [3.8, 4) is 5.75 Å². The van der Waals surface area contributed by atoms with Crippen LogP contribution in [-0.4, -0.2) is 46.3 Å². The fourth-order valence-corrected chi connectivity index (χ4v) is 5.71. The molecule has 0 saturated carbocycles. The Morgan fingerprint density at radius 2 is 2.07 bits per heavy atom. The molecular weight excluding hydrogens is 418 g/mol. The zero-order valence-electron chi connectivity index (χ0n) is 17.1. The van der Waals surface area contributed by atoms with Crippen molar-refractivity contribution in [3.63, 3.8) is 0 Å². The van der Waals surface area contributed by atoms with Crippen LogP contribution in [-0.2, 0) is 5.60 Å². The van der Waals surface area contributed by atoms with Gasteiger partial charge in [-0.3, -0.25) is 4.79 Å². The number of carbonyl (C=O) groups excluding carboxylic acids is 1. The van der Waals surface area contributed by atoms with Crippen LogP contribution >= 0.6 is 23.1 Å². The highest BCUT2D eigenvalue weighted by Gasteiger charge is 2.33. The van der Waals surface area contributed by atoms with Crippen molar-refractivity contribution in [1.82, 2.24) is 15.3 Å². The summed E-state index contributed by atoms with van der Waals surface area (Å²) < 4.78 is 5.61. The predicted molar refractivity (Wildman–Crippen MR) is 121 cm³/mol. The molecule has 2 N–H and O–H groups in total. The smallest absolute Gasteiger partial charge is 0.183 e. The number of ether oxygens (including phenoxy) is 1. The van der Waals surface area contributed by atoms with Gasteiger partial charge in [0, 0.05) is 10.3 Å². The Morgan fingerprint density at radius 1 is 1.27 bits per heavy atom. The van der Waals surface area contributed by atoms with E-state index in [-0.39, 0.29) is 11.5 Å². The van der Waals surface area contributed by atoms with Gasteiger partial charge in [-0.25, -0.2) is 9.97 Å². The number of carbonyl (C=O) groups is 1. The molecule has 8 heteroatoms. The van der Waals surface area contributed by atoms with Crippen LogP contribution < -0.4 is 10.1 Å². The van der Waals surface area contributed by atoms with E-state index in [0.29, 0.717) is 30.2 Å². The Morgan fingerprint density at radius 3 is 2.83 bits per heavy atom. The van der Waals surface area contributed by atoms with Gasteiger partial charge < -0.3 is 15.2 Å². The number of piperidine rings is 1. The maximum absolute atomic E-state index is 12.8. The summed E-state index contributed by atoms with van der Waals surface area (Å²) in [6.45, 7) is 5.96. The number of ketones is 1. The summed E-state index contributed by atoms with van der Waals surface area (Å²) in [5.41, 5.74) is 0.0180. The van der Waals surface area contributed by atoms with Gasteiger partial charge >= 0.3 is 0 Å². The number of nitrogens with one attached hydrogen (secondary N) is 1. The minimum absolute atomic E-state index is 0.0409.